The van der Waals surface area contributed by atoms with Crippen LogP contribution < -0.4 is 10.9 Å². The first-order chi connectivity index (χ1) is 9.29. The molecule has 0 aliphatic heterocycles. The summed E-state index contributed by atoms with van der Waals surface area (Å²) in [6.07, 6.45) is -3.27. The molecule has 1 heterocycles. The fourth-order valence-electron chi connectivity index (χ4n) is 1.61. The van der Waals surface area contributed by atoms with Crippen molar-refractivity contribution >= 4 is 27.4 Å². The number of benzene rings is 1. The molecule has 2 aromatic rings. The van der Waals surface area contributed by atoms with Crippen LogP contribution in [0.4, 0.5) is 24.7 Å². The monoisotopic (exact) mass is 347 g/mol. The number of hydrogen-bond acceptors (Lipinski definition) is 3. The maximum absolute atomic E-state index is 12.8. The minimum absolute atomic E-state index is 0.120. The van der Waals surface area contributed by atoms with Crippen molar-refractivity contribution in [2.75, 3.05) is 5.32 Å². The number of H-pyrrole nitrogens is 1. The zero-order valence-corrected chi connectivity index (χ0v) is 11.8. The molecule has 106 valence electrons. The maximum Gasteiger partial charge on any atom is 0.416 e. The summed E-state index contributed by atoms with van der Waals surface area (Å²) in [5.41, 5.74) is -0.836. The van der Waals surface area contributed by atoms with Gasteiger partial charge in [0.15, 0.2) is 5.82 Å². The smallest absolute Gasteiger partial charge is 0.339 e. The van der Waals surface area contributed by atoms with Crippen molar-refractivity contribution in [2.24, 2.45) is 0 Å². The topological polar surface area (TPSA) is 57.8 Å². The molecular weight excluding hydrogens is 339 g/mol. The molecule has 0 radical (unpaired) electrons. The molecule has 0 aliphatic rings. The molecule has 1 aromatic heterocycles. The number of halogens is 4. The lowest BCUT2D eigenvalue weighted by molar-refractivity contribution is -0.138. The Hall–Kier alpha value is -1.83. The standard InChI is InChI=1S/C12H9BrF3N3O/c1-6-2-3-7(4-8(6)12(14,15)16)19-10-9(13)11(20)18-5-17-10/h2-5H,1H3,(H2,17,18,19,20). The Morgan fingerprint density at radius 2 is 2.05 bits per heavy atom. The number of alkyl halides is 3. The van der Waals surface area contributed by atoms with Crippen molar-refractivity contribution in [1.29, 1.82) is 0 Å². The number of nitrogens with zero attached hydrogens (tertiary/aromatic N) is 1. The average molecular weight is 348 g/mol. The third kappa shape index (κ3) is 3.01. The summed E-state index contributed by atoms with van der Waals surface area (Å²) in [4.78, 5) is 17.5. The highest BCUT2D eigenvalue weighted by atomic mass is 79.9. The third-order valence-electron chi connectivity index (χ3n) is 2.60. The molecule has 0 saturated carbocycles. The Balaban J connectivity index is 2.40. The van der Waals surface area contributed by atoms with E-state index in [1.54, 1.807) is 0 Å². The molecular formula is C12H9BrF3N3O. The van der Waals surface area contributed by atoms with Crippen LogP contribution in [-0.2, 0) is 6.18 Å². The van der Waals surface area contributed by atoms with Crippen LogP contribution in [0.25, 0.3) is 0 Å². The van der Waals surface area contributed by atoms with E-state index in [1.807, 2.05) is 0 Å². The van der Waals surface area contributed by atoms with Crippen LogP contribution in [0.15, 0.2) is 33.8 Å². The molecule has 0 fully saturated rings. The Labute approximate surface area is 120 Å². The van der Waals surface area contributed by atoms with E-state index >= 15 is 0 Å². The largest absolute Gasteiger partial charge is 0.416 e. The van der Waals surface area contributed by atoms with E-state index in [4.69, 9.17) is 0 Å². The predicted octanol–water partition coefficient (Wildman–Crippen LogP) is 3.60. The van der Waals surface area contributed by atoms with Crippen LogP contribution in [0.5, 0.6) is 0 Å². The Kier molecular flexibility index (Phi) is 3.85. The van der Waals surface area contributed by atoms with Crippen molar-refractivity contribution < 1.29 is 13.2 Å². The Morgan fingerprint density at radius 3 is 2.70 bits per heavy atom. The summed E-state index contributed by atoms with van der Waals surface area (Å²) in [6.45, 7) is 1.38. The summed E-state index contributed by atoms with van der Waals surface area (Å²) in [6, 6.07) is 3.82. The molecule has 0 bridgehead atoms. The number of aromatic amines is 1. The third-order valence-corrected chi connectivity index (χ3v) is 3.34. The molecule has 20 heavy (non-hydrogen) atoms. The van der Waals surface area contributed by atoms with Crippen LogP contribution in [0.3, 0.4) is 0 Å². The van der Waals surface area contributed by atoms with Crippen molar-refractivity contribution in [3.63, 3.8) is 0 Å². The van der Waals surface area contributed by atoms with Crippen LogP contribution in [0.1, 0.15) is 11.1 Å². The Bertz CT molecular complexity index is 697. The van der Waals surface area contributed by atoms with Gasteiger partial charge in [-0.2, -0.15) is 13.2 Å². The zero-order chi connectivity index (χ0) is 14.9. The summed E-state index contributed by atoms with van der Waals surface area (Å²) in [7, 11) is 0. The van der Waals surface area contributed by atoms with Gasteiger partial charge in [-0.25, -0.2) is 4.98 Å². The molecule has 2 N–H and O–H groups in total. The molecule has 1 aromatic carbocycles. The van der Waals surface area contributed by atoms with Gasteiger partial charge in [0.25, 0.3) is 5.56 Å². The van der Waals surface area contributed by atoms with Gasteiger partial charge in [0.05, 0.1) is 11.9 Å². The molecule has 0 spiro atoms. The highest BCUT2D eigenvalue weighted by molar-refractivity contribution is 9.10. The van der Waals surface area contributed by atoms with Gasteiger partial charge in [0, 0.05) is 5.69 Å². The first-order valence-electron chi connectivity index (χ1n) is 5.47. The van der Waals surface area contributed by atoms with Crippen molar-refractivity contribution in [2.45, 2.75) is 13.1 Å². The van der Waals surface area contributed by atoms with Crippen LogP contribution in [-0.4, -0.2) is 9.97 Å². The van der Waals surface area contributed by atoms with Crippen LogP contribution >= 0.6 is 15.9 Å². The molecule has 0 atom stereocenters. The maximum atomic E-state index is 12.8. The van der Waals surface area contributed by atoms with Gasteiger partial charge in [-0.3, -0.25) is 4.79 Å². The predicted molar refractivity (Wildman–Crippen MR) is 72.0 cm³/mol. The van der Waals surface area contributed by atoms with Gasteiger partial charge < -0.3 is 10.3 Å². The zero-order valence-electron chi connectivity index (χ0n) is 10.2. The molecule has 0 unspecified atom stereocenters. The van der Waals surface area contributed by atoms with Gasteiger partial charge in [0.2, 0.25) is 0 Å². The van der Waals surface area contributed by atoms with Gasteiger partial charge in [-0.1, -0.05) is 6.07 Å². The number of aromatic nitrogens is 2. The second kappa shape index (κ2) is 5.28. The summed E-state index contributed by atoms with van der Waals surface area (Å²) >= 11 is 3.02. The van der Waals surface area contributed by atoms with Gasteiger partial charge in [0.1, 0.15) is 4.47 Å². The van der Waals surface area contributed by atoms with E-state index < -0.39 is 17.3 Å². The summed E-state index contributed by atoms with van der Waals surface area (Å²) in [5.74, 6) is 0.144. The van der Waals surface area contributed by atoms with Crippen LogP contribution in [0.2, 0.25) is 0 Å². The molecule has 0 aliphatic carbocycles. The molecule has 4 nitrogen and oxygen atoms in total. The minimum Gasteiger partial charge on any atom is -0.339 e. The Morgan fingerprint density at radius 1 is 1.35 bits per heavy atom. The normalized spacial score (nSPS) is 11.4. The van der Waals surface area contributed by atoms with E-state index in [-0.39, 0.29) is 21.5 Å². The van der Waals surface area contributed by atoms with Crippen molar-refractivity contribution in [3.05, 3.63) is 50.5 Å². The first-order valence-corrected chi connectivity index (χ1v) is 6.26. The number of nitrogens with one attached hydrogen (secondary N) is 2. The second-order valence-corrected chi connectivity index (χ2v) is 4.84. The SMILES string of the molecule is Cc1ccc(Nc2nc[nH]c(=O)c2Br)cc1C(F)(F)F. The van der Waals surface area contributed by atoms with Gasteiger partial charge >= 0.3 is 6.18 Å². The average Bonchev–Trinajstić information content (AvgIpc) is 2.36. The van der Waals surface area contributed by atoms with Crippen LogP contribution in [0, 0.1) is 6.92 Å². The van der Waals surface area contributed by atoms with Gasteiger partial charge in [-0.15, -0.1) is 0 Å². The van der Waals surface area contributed by atoms with Crippen molar-refractivity contribution in [3.8, 4) is 0 Å². The quantitative estimate of drug-likeness (QED) is 0.872. The number of hydrogen-bond donors (Lipinski definition) is 2. The summed E-state index contributed by atoms with van der Waals surface area (Å²) in [5, 5.41) is 2.67. The second-order valence-electron chi connectivity index (χ2n) is 4.05. The fourth-order valence-corrected chi connectivity index (χ4v) is 1.93. The van der Waals surface area contributed by atoms with E-state index in [9.17, 15) is 18.0 Å². The number of aryl methyl sites for hydroxylation is 1. The molecule has 0 saturated heterocycles. The molecule has 0 amide bonds. The van der Waals surface area contributed by atoms with E-state index in [0.29, 0.717) is 0 Å². The lowest BCUT2D eigenvalue weighted by Gasteiger charge is -2.13. The number of anilines is 2. The highest BCUT2D eigenvalue weighted by Crippen LogP contribution is 2.34. The lowest BCUT2D eigenvalue weighted by Crippen LogP contribution is -2.11. The first kappa shape index (κ1) is 14.6. The molecule has 8 heteroatoms. The van der Waals surface area contributed by atoms with E-state index in [2.05, 4.69) is 31.2 Å². The minimum atomic E-state index is -4.43. The van der Waals surface area contributed by atoms with Gasteiger partial charge in [-0.05, 0) is 40.5 Å². The lowest BCUT2D eigenvalue weighted by atomic mass is 10.1. The fraction of sp³-hybridized carbons (Fsp3) is 0.167. The number of rotatable bonds is 2. The summed E-state index contributed by atoms with van der Waals surface area (Å²) < 4.78 is 38.5. The highest BCUT2D eigenvalue weighted by Gasteiger charge is 2.32. The van der Waals surface area contributed by atoms with E-state index in [0.717, 1.165) is 12.4 Å². The van der Waals surface area contributed by atoms with Crippen molar-refractivity contribution in [1.82, 2.24) is 9.97 Å². The van der Waals surface area contributed by atoms with E-state index in [1.165, 1.54) is 19.1 Å². The molecule has 2 rings (SSSR count).